The van der Waals surface area contributed by atoms with Gasteiger partial charge < -0.3 is 4.74 Å². The number of hydrogen-bond donors (Lipinski definition) is 0. The number of benzene rings is 1. The summed E-state index contributed by atoms with van der Waals surface area (Å²) < 4.78 is 10.2. The lowest BCUT2D eigenvalue weighted by atomic mass is 10.2. The minimum Gasteiger partial charge on any atom is -0.376 e. The summed E-state index contributed by atoms with van der Waals surface area (Å²) in [6, 6.07) is 9.75. The van der Waals surface area contributed by atoms with Crippen LogP contribution >= 0.6 is 34.7 Å². The predicted octanol–water partition coefficient (Wildman–Crippen LogP) is 4.23. The van der Waals surface area contributed by atoms with Crippen molar-refractivity contribution in [1.29, 1.82) is 0 Å². The zero-order valence-electron chi connectivity index (χ0n) is 14.9. The van der Waals surface area contributed by atoms with Crippen molar-refractivity contribution >= 4 is 50.7 Å². The van der Waals surface area contributed by atoms with Crippen molar-refractivity contribution in [2.75, 3.05) is 6.61 Å². The third-order valence-electron chi connectivity index (χ3n) is 4.85. The first-order chi connectivity index (χ1) is 13.7. The van der Waals surface area contributed by atoms with Crippen LogP contribution < -0.4 is 5.56 Å². The molecule has 4 aromatic rings. The highest BCUT2D eigenvalue weighted by molar-refractivity contribution is 7.98. The van der Waals surface area contributed by atoms with Crippen molar-refractivity contribution in [2.24, 2.45) is 0 Å². The molecule has 1 saturated heterocycles. The molecule has 1 fully saturated rings. The average Bonchev–Trinajstić information content (AvgIpc) is 3.43. The maximum atomic E-state index is 13.0. The van der Waals surface area contributed by atoms with Gasteiger partial charge in [0.2, 0.25) is 5.78 Å². The van der Waals surface area contributed by atoms with E-state index in [2.05, 4.69) is 10.2 Å². The Hall–Kier alpha value is -1.87. The molecule has 0 aliphatic carbocycles. The van der Waals surface area contributed by atoms with Crippen LogP contribution in [-0.4, -0.2) is 31.9 Å². The fourth-order valence-corrected chi connectivity index (χ4v) is 5.44. The second kappa shape index (κ2) is 7.51. The van der Waals surface area contributed by atoms with E-state index in [0.717, 1.165) is 51.2 Å². The van der Waals surface area contributed by atoms with E-state index in [1.54, 1.807) is 16.3 Å². The summed E-state index contributed by atoms with van der Waals surface area (Å²) >= 11 is 9.13. The van der Waals surface area contributed by atoms with Gasteiger partial charge in [-0.2, -0.15) is 0 Å². The first-order valence-electron chi connectivity index (χ1n) is 9.05. The molecule has 6 nitrogen and oxygen atoms in total. The van der Waals surface area contributed by atoms with Crippen LogP contribution in [0.3, 0.4) is 0 Å². The largest absolute Gasteiger partial charge is 0.376 e. The van der Waals surface area contributed by atoms with Crippen molar-refractivity contribution in [1.82, 2.24) is 19.2 Å². The number of nitrogens with zero attached hydrogens (tertiary/aromatic N) is 4. The topological polar surface area (TPSA) is 61.4 Å². The lowest BCUT2D eigenvalue weighted by Crippen LogP contribution is -2.28. The average molecular weight is 433 g/mol. The van der Waals surface area contributed by atoms with Gasteiger partial charge >= 0.3 is 0 Å². The lowest BCUT2D eigenvalue weighted by molar-refractivity contribution is 0.0969. The van der Waals surface area contributed by atoms with Crippen LogP contribution in [0.1, 0.15) is 18.4 Å². The van der Waals surface area contributed by atoms with Crippen molar-refractivity contribution in [3.8, 4) is 0 Å². The minimum absolute atomic E-state index is 0.0215. The maximum absolute atomic E-state index is 13.0. The minimum atomic E-state index is -0.0215. The maximum Gasteiger partial charge on any atom is 0.272 e. The molecule has 9 heteroatoms. The number of ether oxygens (including phenoxy) is 1. The van der Waals surface area contributed by atoms with Gasteiger partial charge in [0.15, 0.2) is 5.16 Å². The molecule has 144 valence electrons. The normalized spacial score (nSPS) is 17.1. The Morgan fingerprint density at radius 2 is 2.25 bits per heavy atom. The summed E-state index contributed by atoms with van der Waals surface area (Å²) in [4.78, 5) is 13.0. The van der Waals surface area contributed by atoms with E-state index in [-0.39, 0.29) is 11.7 Å². The zero-order valence-corrected chi connectivity index (χ0v) is 17.3. The number of aromatic nitrogens is 4. The van der Waals surface area contributed by atoms with Gasteiger partial charge in [0.05, 0.1) is 18.2 Å². The highest BCUT2D eigenvalue weighted by Crippen LogP contribution is 2.27. The quantitative estimate of drug-likeness (QED) is 0.441. The molecule has 5 rings (SSSR count). The van der Waals surface area contributed by atoms with Crippen molar-refractivity contribution in [2.45, 2.75) is 36.4 Å². The molecule has 4 heterocycles. The molecule has 1 aliphatic rings. The number of hydrogen-bond acceptors (Lipinski definition) is 6. The fraction of sp³-hybridized carbons (Fsp3) is 0.316. The molecule has 0 spiro atoms. The van der Waals surface area contributed by atoms with E-state index in [1.807, 2.05) is 40.1 Å². The van der Waals surface area contributed by atoms with Crippen LogP contribution in [0, 0.1) is 0 Å². The van der Waals surface area contributed by atoms with Gasteiger partial charge in [0.1, 0.15) is 4.70 Å². The van der Waals surface area contributed by atoms with E-state index in [0.29, 0.717) is 12.3 Å². The van der Waals surface area contributed by atoms with Crippen molar-refractivity contribution < 1.29 is 4.74 Å². The highest BCUT2D eigenvalue weighted by atomic mass is 35.5. The highest BCUT2D eigenvalue weighted by Gasteiger charge is 2.22. The molecule has 3 aromatic heterocycles. The molecule has 1 atom stereocenters. The smallest absolute Gasteiger partial charge is 0.272 e. The standard InChI is InChI=1S/C19H17ClN4O2S2/c20-13-4-1-3-12(9-13)11-28-19-22-21-18-23(10-14-5-2-7-26-14)17(25)16-15(24(18)19)6-8-27-16/h1,3-4,6,8-9,14H,2,5,7,10-11H2. The van der Waals surface area contributed by atoms with Gasteiger partial charge in [-0.1, -0.05) is 35.5 Å². The van der Waals surface area contributed by atoms with E-state index in [4.69, 9.17) is 16.3 Å². The summed E-state index contributed by atoms with van der Waals surface area (Å²) in [7, 11) is 0. The fourth-order valence-electron chi connectivity index (χ4n) is 3.52. The van der Waals surface area contributed by atoms with Gasteiger partial charge in [-0.05, 0) is 42.0 Å². The van der Waals surface area contributed by atoms with Crippen molar-refractivity contribution in [3.05, 3.63) is 56.7 Å². The molecule has 0 radical (unpaired) electrons. The Kier molecular flexibility index (Phi) is 4.88. The molecule has 1 aromatic carbocycles. The van der Waals surface area contributed by atoms with Gasteiger partial charge in [0.25, 0.3) is 5.56 Å². The Balaban J connectivity index is 1.57. The van der Waals surface area contributed by atoms with Crippen LogP contribution in [-0.2, 0) is 17.0 Å². The van der Waals surface area contributed by atoms with Crippen LogP contribution in [0.4, 0.5) is 0 Å². The van der Waals surface area contributed by atoms with Gasteiger partial charge in [0, 0.05) is 17.4 Å². The number of rotatable bonds is 5. The molecule has 1 aliphatic heterocycles. The number of thiophene rings is 1. The van der Waals surface area contributed by atoms with E-state index in [1.165, 1.54) is 11.3 Å². The summed E-state index contributed by atoms with van der Waals surface area (Å²) in [5, 5.41) is 12.2. The van der Waals surface area contributed by atoms with Gasteiger partial charge in [-0.25, -0.2) is 0 Å². The van der Waals surface area contributed by atoms with E-state index >= 15 is 0 Å². The Morgan fingerprint density at radius 1 is 1.32 bits per heavy atom. The first kappa shape index (κ1) is 18.2. The van der Waals surface area contributed by atoms with Crippen LogP contribution in [0.2, 0.25) is 5.02 Å². The Morgan fingerprint density at radius 3 is 3.07 bits per heavy atom. The van der Waals surface area contributed by atoms with Crippen LogP contribution in [0.15, 0.2) is 45.7 Å². The second-order valence-electron chi connectivity index (χ2n) is 6.72. The van der Waals surface area contributed by atoms with E-state index < -0.39 is 0 Å². The molecule has 0 amide bonds. The molecular weight excluding hydrogens is 416 g/mol. The summed E-state index contributed by atoms with van der Waals surface area (Å²) in [6.07, 6.45) is 2.05. The molecule has 1 unspecified atom stereocenters. The van der Waals surface area contributed by atoms with Gasteiger partial charge in [-0.15, -0.1) is 21.5 Å². The summed E-state index contributed by atoms with van der Waals surface area (Å²) in [5.74, 6) is 1.29. The number of thioether (sulfide) groups is 1. The van der Waals surface area contributed by atoms with Crippen molar-refractivity contribution in [3.63, 3.8) is 0 Å². The molecule has 0 bridgehead atoms. The molecule has 28 heavy (non-hydrogen) atoms. The lowest BCUT2D eigenvalue weighted by Gasteiger charge is -2.13. The first-order valence-corrected chi connectivity index (χ1v) is 11.3. The summed E-state index contributed by atoms with van der Waals surface area (Å²) in [5.41, 5.74) is 1.95. The van der Waals surface area contributed by atoms with Crippen LogP contribution in [0.25, 0.3) is 16.0 Å². The zero-order chi connectivity index (χ0) is 19.1. The predicted molar refractivity (Wildman–Crippen MR) is 113 cm³/mol. The monoisotopic (exact) mass is 432 g/mol. The van der Waals surface area contributed by atoms with Gasteiger partial charge in [-0.3, -0.25) is 13.8 Å². The molecular formula is C19H17ClN4O2S2. The Bertz CT molecular complexity index is 1210. The van der Waals surface area contributed by atoms with Crippen LogP contribution in [0.5, 0.6) is 0 Å². The van der Waals surface area contributed by atoms with E-state index in [9.17, 15) is 4.79 Å². The SMILES string of the molecule is O=c1c2sccc2n2c(SCc3cccc(Cl)c3)nnc2n1CC1CCCO1. The summed E-state index contributed by atoms with van der Waals surface area (Å²) in [6.45, 7) is 1.26. The third-order valence-corrected chi connectivity index (χ3v) is 6.98. The third kappa shape index (κ3) is 3.24. The Labute approximate surface area is 174 Å². The number of fused-ring (bicyclic) bond motifs is 3. The number of halogens is 1. The molecule has 0 N–H and O–H groups in total. The second-order valence-corrected chi connectivity index (χ2v) is 9.02. The molecule has 0 saturated carbocycles.